The molecule has 1 saturated heterocycles. The van der Waals surface area contributed by atoms with Crippen LogP contribution in [0, 0.1) is 0 Å². The fourth-order valence-electron chi connectivity index (χ4n) is 1.36. The van der Waals surface area contributed by atoms with Crippen molar-refractivity contribution in [3.8, 4) is 0 Å². The van der Waals surface area contributed by atoms with Gasteiger partial charge >= 0.3 is 11.5 Å². The van der Waals surface area contributed by atoms with Crippen molar-refractivity contribution in [2.45, 2.75) is 39.3 Å². The highest BCUT2D eigenvalue weighted by atomic mass is 35.5. The SMILES string of the molecule is CC(C)(C)OC(=O)O.CC1CNCCN1C(=O)Cl. The predicted molar refractivity (Wildman–Crippen MR) is 69.1 cm³/mol. The van der Waals surface area contributed by atoms with E-state index in [-0.39, 0.29) is 11.4 Å². The third-order valence-electron chi connectivity index (χ3n) is 2.12. The lowest BCUT2D eigenvalue weighted by molar-refractivity contribution is 0.0150. The van der Waals surface area contributed by atoms with Crippen LogP contribution in [0.5, 0.6) is 0 Å². The molecule has 1 atom stereocenters. The topological polar surface area (TPSA) is 78.9 Å². The van der Waals surface area contributed by atoms with Gasteiger partial charge in [0.05, 0.1) is 0 Å². The van der Waals surface area contributed by atoms with E-state index in [1.54, 1.807) is 25.7 Å². The molecule has 1 unspecified atom stereocenters. The van der Waals surface area contributed by atoms with Crippen molar-refractivity contribution in [2.75, 3.05) is 19.6 Å². The molecule has 2 N–H and O–H groups in total. The zero-order valence-electron chi connectivity index (χ0n) is 11.2. The Morgan fingerprint density at radius 3 is 2.22 bits per heavy atom. The molecule has 0 aromatic heterocycles. The van der Waals surface area contributed by atoms with E-state index in [1.165, 1.54) is 0 Å². The van der Waals surface area contributed by atoms with E-state index in [0.29, 0.717) is 0 Å². The molecule has 106 valence electrons. The summed E-state index contributed by atoms with van der Waals surface area (Å²) in [6.45, 7) is 9.44. The highest BCUT2D eigenvalue weighted by Gasteiger charge is 2.20. The van der Waals surface area contributed by atoms with Gasteiger partial charge in [-0.25, -0.2) is 4.79 Å². The number of nitrogens with zero attached hydrogens (tertiary/aromatic N) is 1. The Labute approximate surface area is 112 Å². The number of piperazine rings is 1. The first-order valence-electron chi connectivity index (χ1n) is 5.72. The maximum Gasteiger partial charge on any atom is 0.506 e. The molecule has 1 amide bonds. The van der Waals surface area contributed by atoms with E-state index in [0.717, 1.165) is 19.6 Å². The molecule has 1 rings (SSSR count). The number of rotatable bonds is 0. The fourth-order valence-corrected chi connectivity index (χ4v) is 1.62. The monoisotopic (exact) mass is 280 g/mol. The maximum absolute atomic E-state index is 10.7. The minimum Gasteiger partial charge on any atom is -0.450 e. The second-order valence-electron chi connectivity index (χ2n) is 4.98. The summed E-state index contributed by atoms with van der Waals surface area (Å²) >= 11 is 5.31. The normalized spacial score (nSPS) is 19.6. The number of carbonyl (C=O) groups excluding carboxylic acids is 1. The van der Waals surface area contributed by atoms with Crippen LogP contribution in [0.2, 0.25) is 0 Å². The number of carboxylic acid groups (broad SMARTS) is 1. The minimum atomic E-state index is -1.22. The van der Waals surface area contributed by atoms with Crippen LogP contribution in [-0.4, -0.2) is 52.8 Å². The fraction of sp³-hybridized carbons (Fsp3) is 0.818. The molecule has 0 aliphatic carbocycles. The quantitative estimate of drug-likeness (QED) is 0.404. The van der Waals surface area contributed by atoms with E-state index in [4.69, 9.17) is 16.7 Å². The molecule has 1 fully saturated rings. The number of halogens is 1. The summed E-state index contributed by atoms with van der Waals surface area (Å²) in [5, 5.41) is 10.9. The van der Waals surface area contributed by atoms with Crippen molar-refractivity contribution in [1.29, 1.82) is 0 Å². The lowest BCUT2D eigenvalue weighted by atomic mass is 10.2. The summed E-state index contributed by atoms with van der Waals surface area (Å²) in [5.41, 5.74) is -0.578. The Kier molecular flexibility index (Phi) is 7.01. The standard InChI is InChI=1S/C6H11ClN2O.C5H10O3/c1-5-4-8-2-3-9(5)6(7)10;1-5(2,3)8-4(6)7/h5,8H,2-4H2,1H3;1-3H3,(H,6,7). The smallest absolute Gasteiger partial charge is 0.450 e. The molecule has 0 aromatic rings. The van der Waals surface area contributed by atoms with Crippen LogP contribution >= 0.6 is 11.6 Å². The number of nitrogens with one attached hydrogen (secondary N) is 1. The van der Waals surface area contributed by atoms with Gasteiger partial charge in [-0.15, -0.1) is 0 Å². The zero-order valence-corrected chi connectivity index (χ0v) is 12.0. The Morgan fingerprint density at radius 2 is 2.00 bits per heavy atom. The van der Waals surface area contributed by atoms with Gasteiger partial charge in [-0.2, -0.15) is 0 Å². The van der Waals surface area contributed by atoms with Crippen molar-refractivity contribution in [3.63, 3.8) is 0 Å². The van der Waals surface area contributed by atoms with E-state index in [1.807, 2.05) is 6.92 Å². The molecule has 0 saturated carbocycles. The van der Waals surface area contributed by atoms with Crippen molar-refractivity contribution < 1.29 is 19.4 Å². The molecule has 18 heavy (non-hydrogen) atoms. The van der Waals surface area contributed by atoms with Crippen LogP contribution in [0.25, 0.3) is 0 Å². The number of amides is 1. The van der Waals surface area contributed by atoms with Gasteiger partial charge in [0.1, 0.15) is 5.60 Å². The van der Waals surface area contributed by atoms with Crippen molar-refractivity contribution in [3.05, 3.63) is 0 Å². The van der Waals surface area contributed by atoms with Gasteiger partial charge in [0, 0.05) is 25.7 Å². The third-order valence-corrected chi connectivity index (χ3v) is 2.34. The van der Waals surface area contributed by atoms with Gasteiger partial charge < -0.3 is 20.1 Å². The lowest BCUT2D eigenvalue weighted by Crippen LogP contribution is -2.50. The highest BCUT2D eigenvalue weighted by molar-refractivity contribution is 6.62. The lowest BCUT2D eigenvalue weighted by Gasteiger charge is -2.31. The summed E-state index contributed by atoms with van der Waals surface area (Å²) in [6.07, 6.45) is -1.22. The first kappa shape index (κ1) is 17.0. The van der Waals surface area contributed by atoms with Gasteiger partial charge in [-0.1, -0.05) is 0 Å². The molecule has 0 bridgehead atoms. The summed E-state index contributed by atoms with van der Waals surface area (Å²) in [7, 11) is 0. The van der Waals surface area contributed by atoms with Gasteiger partial charge in [-0.3, -0.25) is 4.79 Å². The van der Waals surface area contributed by atoms with Crippen molar-refractivity contribution >= 4 is 23.1 Å². The second kappa shape index (κ2) is 7.43. The van der Waals surface area contributed by atoms with E-state index >= 15 is 0 Å². The van der Waals surface area contributed by atoms with Crippen LogP contribution in [0.15, 0.2) is 0 Å². The Morgan fingerprint density at radius 1 is 1.44 bits per heavy atom. The zero-order chi connectivity index (χ0) is 14.3. The molecule has 1 aliphatic heterocycles. The summed E-state index contributed by atoms with van der Waals surface area (Å²) in [5.74, 6) is 0. The average Bonchev–Trinajstić information content (AvgIpc) is 2.14. The van der Waals surface area contributed by atoms with Crippen molar-refractivity contribution in [1.82, 2.24) is 10.2 Å². The summed E-state index contributed by atoms with van der Waals surface area (Å²) in [4.78, 5) is 22.1. The van der Waals surface area contributed by atoms with Crippen LogP contribution in [0.4, 0.5) is 9.59 Å². The molecule has 1 heterocycles. The van der Waals surface area contributed by atoms with E-state index < -0.39 is 11.8 Å². The third kappa shape index (κ3) is 8.14. The van der Waals surface area contributed by atoms with Crippen LogP contribution in [-0.2, 0) is 4.74 Å². The maximum atomic E-state index is 10.7. The molecule has 7 heteroatoms. The summed E-state index contributed by atoms with van der Waals surface area (Å²) in [6, 6.07) is 0.235. The number of hydrogen-bond acceptors (Lipinski definition) is 4. The van der Waals surface area contributed by atoms with Gasteiger partial charge in [0.2, 0.25) is 0 Å². The number of ether oxygens (including phenoxy) is 1. The Balaban J connectivity index is 0.000000331. The number of carbonyl (C=O) groups is 2. The predicted octanol–water partition coefficient (Wildman–Crippen LogP) is 2.12. The molecular formula is C11H21ClN2O4. The van der Waals surface area contributed by atoms with Crippen LogP contribution < -0.4 is 5.32 Å². The second-order valence-corrected chi connectivity index (χ2v) is 5.30. The van der Waals surface area contributed by atoms with Gasteiger partial charge in [0.25, 0.3) is 0 Å². The summed E-state index contributed by atoms with van der Waals surface area (Å²) < 4.78 is 4.35. The van der Waals surface area contributed by atoms with E-state index in [2.05, 4.69) is 10.1 Å². The van der Waals surface area contributed by atoms with Crippen LogP contribution in [0.1, 0.15) is 27.7 Å². The largest absolute Gasteiger partial charge is 0.506 e. The highest BCUT2D eigenvalue weighted by Crippen LogP contribution is 2.06. The van der Waals surface area contributed by atoms with Crippen LogP contribution in [0.3, 0.4) is 0 Å². The average molecular weight is 281 g/mol. The first-order valence-corrected chi connectivity index (χ1v) is 6.10. The molecule has 0 aromatic carbocycles. The van der Waals surface area contributed by atoms with Gasteiger partial charge in [-0.05, 0) is 39.3 Å². The molecule has 0 spiro atoms. The molecule has 0 radical (unpaired) electrons. The Hall–Kier alpha value is -1.01. The number of hydrogen-bond donors (Lipinski definition) is 2. The minimum absolute atomic E-state index is 0.235. The van der Waals surface area contributed by atoms with E-state index in [9.17, 15) is 9.59 Å². The molecule has 6 nitrogen and oxygen atoms in total. The van der Waals surface area contributed by atoms with Gasteiger partial charge in [0.15, 0.2) is 0 Å². The first-order chi connectivity index (χ1) is 8.13. The Bertz CT molecular complexity index is 291. The molecule has 1 aliphatic rings. The van der Waals surface area contributed by atoms with Crippen molar-refractivity contribution in [2.24, 2.45) is 0 Å². The molecular weight excluding hydrogens is 260 g/mol.